The van der Waals surface area contributed by atoms with Crippen molar-refractivity contribution in [1.29, 1.82) is 0 Å². The van der Waals surface area contributed by atoms with Gasteiger partial charge in [0.2, 0.25) is 5.79 Å². The fourth-order valence-corrected chi connectivity index (χ4v) is 6.29. The summed E-state index contributed by atoms with van der Waals surface area (Å²) < 4.78 is 53.9. The highest BCUT2D eigenvalue weighted by Crippen LogP contribution is 2.37. The topological polar surface area (TPSA) is 151 Å². The molecule has 0 radical (unpaired) electrons. The van der Waals surface area contributed by atoms with Gasteiger partial charge >= 0.3 is 12.2 Å². The molecule has 0 bridgehead atoms. The Morgan fingerprint density at radius 1 is 1.04 bits per heavy atom. The van der Waals surface area contributed by atoms with Crippen LogP contribution in [0.2, 0.25) is 0 Å². The van der Waals surface area contributed by atoms with E-state index in [0.29, 0.717) is 29.3 Å². The average molecular weight is 657 g/mol. The minimum Gasteiger partial charge on any atom is -0.314 e. The van der Waals surface area contributed by atoms with Crippen LogP contribution < -0.4 is 27.1 Å². The van der Waals surface area contributed by atoms with Gasteiger partial charge in [0.15, 0.2) is 5.13 Å². The predicted octanol–water partition coefficient (Wildman–Crippen LogP) is 7.43. The average Bonchev–Trinajstić information content (AvgIpc) is 3.40. The number of halogens is 4. The van der Waals surface area contributed by atoms with Gasteiger partial charge in [-0.25, -0.2) is 14.2 Å². The number of hydrogen-bond donors (Lipinski definition) is 4. The van der Waals surface area contributed by atoms with Crippen molar-refractivity contribution in [2.75, 3.05) is 10.2 Å². The lowest BCUT2D eigenvalue weighted by atomic mass is 9.84. The molecular formula is C31H32F4N8O2S. The SMILES string of the molecule is CC(N)(N=NN)NC(=O)c1ccc(CN(C(=O)Nc2nc3cc(F)c(C(F)(F)F)cc3s2)c2ccc(C3CCCCC3)cc2)cc1. The molecular weight excluding hydrogens is 624 g/mol. The molecule has 1 aliphatic rings. The number of urea groups is 1. The molecule has 1 aliphatic carbocycles. The van der Waals surface area contributed by atoms with E-state index in [0.717, 1.165) is 24.2 Å². The van der Waals surface area contributed by atoms with Gasteiger partial charge in [-0.2, -0.15) is 13.2 Å². The molecule has 1 aromatic heterocycles. The third-order valence-electron chi connectivity index (χ3n) is 7.71. The van der Waals surface area contributed by atoms with Gasteiger partial charge in [0, 0.05) is 17.3 Å². The minimum atomic E-state index is -4.87. The van der Waals surface area contributed by atoms with Crippen molar-refractivity contribution in [1.82, 2.24) is 10.3 Å². The number of thiazole rings is 1. The maximum absolute atomic E-state index is 14.1. The molecule has 5 rings (SSSR count). The molecule has 46 heavy (non-hydrogen) atoms. The number of benzene rings is 3. The summed E-state index contributed by atoms with van der Waals surface area (Å²) in [6.07, 6.45) is 0.915. The fraction of sp³-hybridized carbons (Fsp3) is 0.323. The Labute approximate surface area is 265 Å². The lowest BCUT2D eigenvalue weighted by molar-refractivity contribution is -0.139. The molecule has 1 saturated carbocycles. The summed E-state index contributed by atoms with van der Waals surface area (Å²) in [5.74, 6) is 2.02. The third kappa shape index (κ3) is 7.77. The van der Waals surface area contributed by atoms with E-state index in [1.807, 2.05) is 24.3 Å². The Bertz CT molecular complexity index is 1730. The molecule has 1 heterocycles. The molecule has 3 aromatic carbocycles. The second-order valence-corrected chi connectivity index (χ2v) is 12.3. The largest absolute Gasteiger partial charge is 0.419 e. The zero-order valence-electron chi connectivity index (χ0n) is 24.8. The van der Waals surface area contributed by atoms with Crippen LogP contribution in [-0.2, 0) is 12.7 Å². The van der Waals surface area contributed by atoms with Crippen LogP contribution in [0.25, 0.3) is 10.2 Å². The fourth-order valence-electron chi connectivity index (χ4n) is 5.41. The van der Waals surface area contributed by atoms with Crippen molar-refractivity contribution in [3.8, 4) is 0 Å². The summed E-state index contributed by atoms with van der Waals surface area (Å²) >= 11 is 0.804. The first-order valence-electron chi connectivity index (χ1n) is 14.5. The van der Waals surface area contributed by atoms with Gasteiger partial charge < -0.3 is 11.2 Å². The van der Waals surface area contributed by atoms with E-state index >= 15 is 0 Å². The number of nitrogens with zero attached hydrogens (tertiary/aromatic N) is 4. The first kappa shape index (κ1) is 32.8. The van der Waals surface area contributed by atoms with Crippen LogP contribution in [0.3, 0.4) is 0 Å². The highest BCUT2D eigenvalue weighted by molar-refractivity contribution is 7.22. The summed E-state index contributed by atoms with van der Waals surface area (Å²) in [6.45, 7) is 1.49. The number of alkyl halides is 3. The maximum atomic E-state index is 14.1. The van der Waals surface area contributed by atoms with Crippen molar-refractivity contribution in [2.24, 2.45) is 21.9 Å². The van der Waals surface area contributed by atoms with Gasteiger partial charge in [-0.1, -0.05) is 60.1 Å². The molecule has 10 nitrogen and oxygen atoms in total. The summed E-state index contributed by atoms with van der Waals surface area (Å²) in [7, 11) is 0. The maximum Gasteiger partial charge on any atom is 0.419 e. The molecule has 1 unspecified atom stereocenters. The molecule has 0 spiro atoms. The number of carbonyl (C=O) groups is 2. The smallest absolute Gasteiger partial charge is 0.314 e. The standard InChI is InChI=1S/C31H32F4N8O2S/c1-30(36,41-42-37)40-27(44)21-9-7-18(8-10-21)17-43(22-13-11-20(12-14-22)19-5-3-2-4-6-19)29(45)39-28-38-25-16-24(32)23(31(33,34)35)15-26(25)46-28/h7-16,19H,2-6,17,36H2,1H3,(H2,37,41)(H,40,44)(H,38,39,45). The van der Waals surface area contributed by atoms with E-state index < -0.39 is 35.3 Å². The number of carbonyl (C=O) groups excluding carboxylic acids is 2. The number of hydrogen-bond acceptors (Lipinski definition) is 7. The van der Waals surface area contributed by atoms with Gasteiger partial charge in [0.1, 0.15) is 5.82 Å². The first-order chi connectivity index (χ1) is 21.8. The van der Waals surface area contributed by atoms with Gasteiger partial charge in [0.25, 0.3) is 5.91 Å². The molecule has 0 saturated heterocycles. The van der Waals surface area contributed by atoms with Crippen LogP contribution in [0.15, 0.2) is 71.0 Å². The number of nitrogens with one attached hydrogen (secondary N) is 2. The molecule has 6 N–H and O–H groups in total. The summed E-state index contributed by atoms with van der Waals surface area (Å²) in [5.41, 5.74) is 7.13. The van der Waals surface area contributed by atoms with Crippen LogP contribution in [-0.4, -0.2) is 22.7 Å². The lowest BCUT2D eigenvalue weighted by Gasteiger charge is -2.25. The first-order valence-corrected chi connectivity index (χ1v) is 15.3. The van der Waals surface area contributed by atoms with Crippen molar-refractivity contribution < 1.29 is 27.2 Å². The summed E-state index contributed by atoms with van der Waals surface area (Å²) in [5, 5.41) is 11.8. The van der Waals surface area contributed by atoms with Gasteiger partial charge in [-0.15, -0.1) is 5.11 Å². The Balaban J connectivity index is 1.40. The molecule has 0 aliphatic heterocycles. The number of nitrogens with two attached hydrogens (primary N) is 2. The van der Waals surface area contributed by atoms with Crippen LogP contribution >= 0.6 is 11.3 Å². The van der Waals surface area contributed by atoms with E-state index in [1.54, 1.807) is 24.3 Å². The van der Waals surface area contributed by atoms with E-state index in [-0.39, 0.29) is 27.5 Å². The van der Waals surface area contributed by atoms with Crippen LogP contribution in [0, 0.1) is 5.82 Å². The molecule has 1 atom stereocenters. The highest BCUT2D eigenvalue weighted by atomic mass is 32.1. The second-order valence-electron chi connectivity index (χ2n) is 11.3. The Hall–Kier alpha value is -4.63. The van der Waals surface area contributed by atoms with Crippen LogP contribution in [0.4, 0.5) is 33.2 Å². The van der Waals surface area contributed by atoms with E-state index in [9.17, 15) is 27.2 Å². The van der Waals surface area contributed by atoms with Gasteiger partial charge in [-0.05, 0) is 67.1 Å². The van der Waals surface area contributed by atoms with Crippen molar-refractivity contribution >= 4 is 44.3 Å². The predicted molar refractivity (Wildman–Crippen MR) is 168 cm³/mol. The molecule has 4 aromatic rings. The van der Waals surface area contributed by atoms with Gasteiger partial charge in [0.05, 0.1) is 22.3 Å². The molecule has 3 amide bonds. The number of rotatable bonds is 8. The number of fused-ring (bicyclic) bond motifs is 1. The zero-order chi connectivity index (χ0) is 33.1. The number of anilines is 2. The second kappa shape index (κ2) is 13.4. The van der Waals surface area contributed by atoms with Crippen LogP contribution in [0.1, 0.15) is 72.0 Å². The highest BCUT2D eigenvalue weighted by Gasteiger charge is 2.35. The monoisotopic (exact) mass is 656 g/mol. The third-order valence-corrected chi connectivity index (χ3v) is 8.65. The van der Waals surface area contributed by atoms with E-state index in [2.05, 4.69) is 26.0 Å². The number of amides is 3. The van der Waals surface area contributed by atoms with E-state index in [4.69, 9.17) is 11.6 Å². The Morgan fingerprint density at radius 3 is 2.35 bits per heavy atom. The van der Waals surface area contributed by atoms with Gasteiger partial charge in [-0.3, -0.25) is 20.7 Å². The van der Waals surface area contributed by atoms with Crippen molar-refractivity contribution in [3.63, 3.8) is 0 Å². The molecule has 242 valence electrons. The summed E-state index contributed by atoms with van der Waals surface area (Å²) in [4.78, 5) is 31.9. The normalized spacial score (nSPS) is 15.5. The Morgan fingerprint density at radius 2 is 1.72 bits per heavy atom. The van der Waals surface area contributed by atoms with E-state index in [1.165, 1.54) is 36.6 Å². The minimum absolute atomic E-state index is 0.00836. The molecule has 15 heteroatoms. The quantitative estimate of drug-likeness (QED) is 0.0511. The van der Waals surface area contributed by atoms with Crippen molar-refractivity contribution in [2.45, 2.75) is 63.5 Å². The Kier molecular flexibility index (Phi) is 9.53. The van der Waals surface area contributed by atoms with Crippen molar-refractivity contribution in [3.05, 3.63) is 88.7 Å². The summed E-state index contributed by atoms with van der Waals surface area (Å²) in [6, 6.07) is 14.9. The molecule has 1 fully saturated rings. The lowest BCUT2D eigenvalue weighted by Crippen LogP contribution is -2.51. The number of aromatic nitrogens is 1. The van der Waals surface area contributed by atoms with Crippen LogP contribution in [0.5, 0.6) is 0 Å². The zero-order valence-corrected chi connectivity index (χ0v) is 25.6.